The minimum atomic E-state index is 0.877. The predicted molar refractivity (Wildman–Crippen MR) is 60.5 cm³/mol. The Morgan fingerprint density at radius 2 is 1.79 bits per heavy atom. The van der Waals surface area contributed by atoms with E-state index in [2.05, 4.69) is 23.6 Å². The van der Waals surface area contributed by atoms with Crippen LogP contribution in [0.15, 0.2) is 0 Å². The molecule has 14 heavy (non-hydrogen) atoms. The van der Waals surface area contributed by atoms with E-state index in [9.17, 15) is 0 Å². The van der Waals surface area contributed by atoms with Gasteiger partial charge in [-0.05, 0) is 51.4 Å². The summed E-state index contributed by atoms with van der Waals surface area (Å²) in [6, 6.07) is 0.877. The molecule has 2 aliphatic heterocycles. The predicted octanol–water partition coefficient (Wildman–Crippen LogP) is 1.81. The standard InChI is InChI=1S/C12H24N2/c1-3-13-7-6-12(10-13)14-8-4-11(2)5-9-14/h11-12H,3-10H2,1-2H3. The second kappa shape index (κ2) is 4.63. The van der Waals surface area contributed by atoms with Crippen molar-refractivity contribution < 1.29 is 0 Å². The van der Waals surface area contributed by atoms with Crippen molar-refractivity contribution in [2.24, 2.45) is 5.92 Å². The Morgan fingerprint density at radius 1 is 1.07 bits per heavy atom. The molecule has 1 unspecified atom stereocenters. The van der Waals surface area contributed by atoms with Crippen molar-refractivity contribution in [3.63, 3.8) is 0 Å². The van der Waals surface area contributed by atoms with Crippen molar-refractivity contribution in [3.8, 4) is 0 Å². The average Bonchev–Trinajstić information content (AvgIpc) is 2.67. The summed E-state index contributed by atoms with van der Waals surface area (Å²) in [4.78, 5) is 5.32. The molecule has 0 spiro atoms. The third kappa shape index (κ3) is 2.29. The van der Waals surface area contributed by atoms with E-state index < -0.39 is 0 Å². The number of hydrogen-bond acceptors (Lipinski definition) is 2. The molecule has 0 amide bonds. The van der Waals surface area contributed by atoms with Crippen LogP contribution in [0, 0.1) is 5.92 Å². The minimum absolute atomic E-state index is 0.877. The zero-order valence-corrected chi connectivity index (χ0v) is 9.71. The molecule has 0 aromatic rings. The van der Waals surface area contributed by atoms with Gasteiger partial charge in [-0.3, -0.25) is 4.90 Å². The fourth-order valence-corrected chi connectivity index (χ4v) is 2.79. The second-order valence-electron chi connectivity index (χ2n) is 5.05. The maximum atomic E-state index is 2.73. The van der Waals surface area contributed by atoms with Crippen molar-refractivity contribution in [2.45, 2.75) is 39.2 Å². The number of piperidine rings is 1. The van der Waals surface area contributed by atoms with Crippen LogP contribution in [-0.2, 0) is 0 Å². The van der Waals surface area contributed by atoms with Crippen LogP contribution in [0.1, 0.15) is 33.1 Å². The van der Waals surface area contributed by atoms with Crippen molar-refractivity contribution in [2.75, 3.05) is 32.7 Å². The van der Waals surface area contributed by atoms with E-state index in [4.69, 9.17) is 0 Å². The average molecular weight is 196 g/mol. The maximum Gasteiger partial charge on any atom is 0.0235 e. The summed E-state index contributed by atoms with van der Waals surface area (Å²) in [5.74, 6) is 0.968. The lowest BCUT2D eigenvalue weighted by molar-refractivity contribution is 0.139. The highest BCUT2D eigenvalue weighted by atomic mass is 15.2. The Hall–Kier alpha value is -0.0800. The summed E-state index contributed by atoms with van der Waals surface area (Å²) in [5.41, 5.74) is 0. The molecule has 2 saturated heterocycles. The molecule has 0 aliphatic carbocycles. The zero-order valence-electron chi connectivity index (χ0n) is 9.71. The molecule has 2 heterocycles. The van der Waals surface area contributed by atoms with E-state index in [1.165, 1.54) is 52.0 Å². The highest BCUT2D eigenvalue weighted by Crippen LogP contribution is 2.22. The van der Waals surface area contributed by atoms with E-state index in [0.717, 1.165) is 12.0 Å². The van der Waals surface area contributed by atoms with Crippen LogP contribution in [0.3, 0.4) is 0 Å². The van der Waals surface area contributed by atoms with Crippen molar-refractivity contribution in [1.29, 1.82) is 0 Å². The van der Waals surface area contributed by atoms with Gasteiger partial charge in [0.05, 0.1) is 0 Å². The molecule has 0 saturated carbocycles. The topological polar surface area (TPSA) is 6.48 Å². The normalized spacial score (nSPS) is 32.6. The lowest BCUT2D eigenvalue weighted by Crippen LogP contribution is -2.42. The third-order valence-corrected chi connectivity index (χ3v) is 4.03. The number of hydrogen-bond donors (Lipinski definition) is 0. The quantitative estimate of drug-likeness (QED) is 0.664. The van der Waals surface area contributed by atoms with E-state index in [1.807, 2.05) is 0 Å². The molecule has 2 rings (SSSR count). The molecule has 2 fully saturated rings. The van der Waals surface area contributed by atoms with Gasteiger partial charge in [0.2, 0.25) is 0 Å². The molecule has 0 radical (unpaired) electrons. The monoisotopic (exact) mass is 196 g/mol. The Balaban J connectivity index is 1.79. The number of nitrogens with zero attached hydrogens (tertiary/aromatic N) is 2. The molecule has 0 aromatic carbocycles. The summed E-state index contributed by atoms with van der Waals surface area (Å²) in [6.07, 6.45) is 4.24. The van der Waals surface area contributed by atoms with Gasteiger partial charge in [0.1, 0.15) is 0 Å². The van der Waals surface area contributed by atoms with Crippen molar-refractivity contribution >= 4 is 0 Å². The number of likely N-dealkylation sites (tertiary alicyclic amines) is 2. The van der Waals surface area contributed by atoms with Crippen LogP contribution in [0.4, 0.5) is 0 Å². The van der Waals surface area contributed by atoms with Crippen LogP contribution in [0.5, 0.6) is 0 Å². The third-order valence-electron chi connectivity index (χ3n) is 4.03. The molecule has 0 N–H and O–H groups in total. The van der Waals surface area contributed by atoms with Crippen LogP contribution < -0.4 is 0 Å². The summed E-state index contributed by atoms with van der Waals surface area (Å²) >= 11 is 0. The summed E-state index contributed by atoms with van der Waals surface area (Å²) < 4.78 is 0. The Bertz CT molecular complexity index is 173. The first-order chi connectivity index (χ1) is 6.79. The van der Waals surface area contributed by atoms with Gasteiger partial charge in [-0.15, -0.1) is 0 Å². The van der Waals surface area contributed by atoms with Gasteiger partial charge in [0.25, 0.3) is 0 Å². The molecule has 2 aliphatic rings. The maximum absolute atomic E-state index is 2.73. The van der Waals surface area contributed by atoms with Gasteiger partial charge in [0, 0.05) is 12.6 Å². The van der Waals surface area contributed by atoms with Crippen LogP contribution >= 0.6 is 0 Å². The lowest BCUT2D eigenvalue weighted by atomic mass is 9.98. The Morgan fingerprint density at radius 3 is 2.36 bits per heavy atom. The summed E-state index contributed by atoms with van der Waals surface area (Å²) in [5, 5.41) is 0. The second-order valence-corrected chi connectivity index (χ2v) is 5.05. The van der Waals surface area contributed by atoms with Gasteiger partial charge in [0.15, 0.2) is 0 Å². The molecule has 2 heteroatoms. The molecule has 2 nitrogen and oxygen atoms in total. The highest BCUT2D eigenvalue weighted by molar-refractivity contribution is 4.85. The van der Waals surface area contributed by atoms with Crippen LogP contribution in [0.2, 0.25) is 0 Å². The number of likely N-dealkylation sites (N-methyl/N-ethyl adjacent to an activating group) is 1. The van der Waals surface area contributed by atoms with Crippen LogP contribution in [0.25, 0.3) is 0 Å². The van der Waals surface area contributed by atoms with Crippen molar-refractivity contribution in [1.82, 2.24) is 9.80 Å². The first-order valence-corrected chi connectivity index (χ1v) is 6.26. The van der Waals surface area contributed by atoms with Gasteiger partial charge in [-0.2, -0.15) is 0 Å². The molecular formula is C12H24N2. The molecule has 1 atom stereocenters. The fraction of sp³-hybridized carbons (Fsp3) is 1.00. The highest BCUT2D eigenvalue weighted by Gasteiger charge is 2.28. The summed E-state index contributed by atoms with van der Waals surface area (Å²) in [6.45, 7) is 11.3. The molecular weight excluding hydrogens is 172 g/mol. The smallest absolute Gasteiger partial charge is 0.0235 e. The fourth-order valence-electron chi connectivity index (χ4n) is 2.79. The summed E-state index contributed by atoms with van der Waals surface area (Å²) in [7, 11) is 0. The lowest BCUT2D eigenvalue weighted by Gasteiger charge is -2.34. The Labute approximate surface area is 88.3 Å². The SMILES string of the molecule is CCN1CCC(N2CCC(C)CC2)C1. The first kappa shape index (κ1) is 10.4. The van der Waals surface area contributed by atoms with Gasteiger partial charge in [-0.1, -0.05) is 13.8 Å². The van der Waals surface area contributed by atoms with Crippen LogP contribution in [-0.4, -0.2) is 48.6 Å². The molecule has 0 bridgehead atoms. The van der Waals surface area contributed by atoms with Crippen molar-refractivity contribution in [3.05, 3.63) is 0 Å². The van der Waals surface area contributed by atoms with E-state index in [0.29, 0.717) is 0 Å². The van der Waals surface area contributed by atoms with E-state index >= 15 is 0 Å². The Kier molecular flexibility index (Phi) is 3.45. The van der Waals surface area contributed by atoms with E-state index in [1.54, 1.807) is 0 Å². The first-order valence-electron chi connectivity index (χ1n) is 6.26. The number of rotatable bonds is 2. The van der Waals surface area contributed by atoms with E-state index in [-0.39, 0.29) is 0 Å². The van der Waals surface area contributed by atoms with Gasteiger partial charge < -0.3 is 4.90 Å². The van der Waals surface area contributed by atoms with Gasteiger partial charge >= 0.3 is 0 Å². The minimum Gasteiger partial charge on any atom is -0.302 e. The van der Waals surface area contributed by atoms with Gasteiger partial charge in [-0.25, -0.2) is 0 Å². The molecule has 82 valence electrons. The largest absolute Gasteiger partial charge is 0.302 e. The zero-order chi connectivity index (χ0) is 9.97. The molecule has 0 aromatic heterocycles.